The molecule has 3 aromatic rings. The third-order valence-corrected chi connectivity index (χ3v) is 6.04. The Bertz CT molecular complexity index is 1080. The highest BCUT2D eigenvalue weighted by molar-refractivity contribution is 5.98. The van der Waals surface area contributed by atoms with Crippen LogP contribution in [0.2, 0.25) is 0 Å². The number of hydrogen-bond acceptors (Lipinski definition) is 5. The van der Waals surface area contributed by atoms with Gasteiger partial charge in [0.25, 0.3) is 5.91 Å². The third-order valence-electron chi connectivity index (χ3n) is 6.04. The van der Waals surface area contributed by atoms with E-state index in [-0.39, 0.29) is 17.5 Å². The van der Waals surface area contributed by atoms with Gasteiger partial charge in [-0.2, -0.15) is 15.0 Å². The maximum atomic E-state index is 14.0. The molecule has 30 heavy (non-hydrogen) atoms. The number of likely N-dealkylation sites (tertiary alicyclic amines) is 1. The standard InChI is InChI=1S/C22H23FN6O/c1-14-9-15(2)26-21(10-14)28-12-16-5-8-27(13-20(16)28)22(30)18-11-17(23)3-4-19(18)29-24-6-7-25-29/h3-4,6-7,9-11,16,20H,5,8,12-13H2,1-2H3/t16-,20-/m0/s1. The molecule has 2 aliphatic rings. The number of nitrogens with zero attached hydrogens (tertiary/aromatic N) is 6. The molecule has 1 amide bonds. The highest BCUT2D eigenvalue weighted by Crippen LogP contribution is 2.36. The minimum absolute atomic E-state index is 0.194. The van der Waals surface area contributed by atoms with Gasteiger partial charge in [0.2, 0.25) is 0 Å². The van der Waals surface area contributed by atoms with Crippen LogP contribution in [0.4, 0.5) is 10.2 Å². The Labute approximate surface area is 174 Å². The van der Waals surface area contributed by atoms with E-state index in [1.807, 2.05) is 11.8 Å². The van der Waals surface area contributed by atoms with Crippen molar-refractivity contribution in [2.75, 3.05) is 24.5 Å². The first-order chi connectivity index (χ1) is 14.5. The number of halogens is 1. The summed E-state index contributed by atoms with van der Waals surface area (Å²) in [6.07, 6.45) is 4.00. The van der Waals surface area contributed by atoms with Crippen LogP contribution in [0, 0.1) is 25.6 Å². The number of carbonyl (C=O) groups excluding carboxylic acids is 1. The van der Waals surface area contributed by atoms with Crippen LogP contribution in [0.15, 0.2) is 42.7 Å². The molecule has 2 aliphatic heterocycles. The maximum Gasteiger partial charge on any atom is 0.256 e. The quantitative estimate of drug-likeness (QED) is 0.669. The molecule has 2 fully saturated rings. The van der Waals surface area contributed by atoms with Gasteiger partial charge >= 0.3 is 0 Å². The number of fused-ring (bicyclic) bond motifs is 1. The highest BCUT2D eigenvalue weighted by Gasteiger charge is 2.44. The highest BCUT2D eigenvalue weighted by atomic mass is 19.1. The Morgan fingerprint density at radius 1 is 1.10 bits per heavy atom. The number of pyridine rings is 1. The van der Waals surface area contributed by atoms with Crippen molar-refractivity contribution in [3.63, 3.8) is 0 Å². The SMILES string of the molecule is Cc1cc(C)nc(N2C[C@@H]3CCN(C(=O)c4cc(F)ccc4-n4nccn4)C[C@@H]32)c1. The summed E-state index contributed by atoms with van der Waals surface area (Å²) in [4.78, 5) is 23.5. The van der Waals surface area contributed by atoms with Crippen LogP contribution in [-0.4, -0.2) is 56.5 Å². The number of carbonyl (C=O) groups is 1. The summed E-state index contributed by atoms with van der Waals surface area (Å²) in [6.45, 7) is 6.29. The van der Waals surface area contributed by atoms with Crippen molar-refractivity contribution in [3.8, 4) is 5.69 Å². The predicted molar refractivity (Wildman–Crippen MR) is 110 cm³/mol. The van der Waals surface area contributed by atoms with Gasteiger partial charge in [0.15, 0.2) is 0 Å². The minimum atomic E-state index is -0.450. The molecule has 0 unspecified atom stereocenters. The summed E-state index contributed by atoms with van der Waals surface area (Å²) < 4.78 is 14.0. The van der Waals surface area contributed by atoms with Gasteiger partial charge in [0, 0.05) is 31.2 Å². The molecule has 0 radical (unpaired) electrons. The Morgan fingerprint density at radius 2 is 1.90 bits per heavy atom. The van der Waals surface area contributed by atoms with Crippen molar-refractivity contribution >= 4 is 11.7 Å². The van der Waals surface area contributed by atoms with E-state index >= 15 is 0 Å². The van der Waals surface area contributed by atoms with Crippen molar-refractivity contribution in [1.82, 2.24) is 24.9 Å². The van der Waals surface area contributed by atoms with Gasteiger partial charge < -0.3 is 9.80 Å². The lowest BCUT2D eigenvalue weighted by Crippen LogP contribution is -2.65. The number of piperidine rings is 1. The number of aromatic nitrogens is 4. The lowest BCUT2D eigenvalue weighted by atomic mass is 9.82. The monoisotopic (exact) mass is 406 g/mol. The molecule has 154 valence electrons. The number of hydrogen-bond donors (Lipinski definition) is 0. The van der Waals surface area contributed by atoms with E-state index in [4.69, 9.17) is 0 Å². The van der Waals surface area contributed by atoms with Crippen molar-refractivity contribution < 1.29 is 9.18 Å². The molecule has 5 rings (SSSR count). The molecule has 7 nitrogen and oxygen atoms in total. The van der Waals surface area contributed by atoms with Crippen LogP contribution in [0.25, 0.3) is 5.69 Å². The van der Waals surface area contributed by atoms with Crippen LogP contribution in [0.3, 0.4) is 0 Å². The Balaban J connectivity index is 1.40. The fraction of sp³-hybridized carbons (Fsp3) is 0.364. The Hall–Kier alpha value is -3.29. The van der Waals surface area contributed by atoms with Gasteiger partial charge in [0.1, 0.15) is 11.6 Å². The average Bonchev–Trinajstić information content (AvgIpc) is 3.22. The summed E-state index contributed by atoms with van der Waals surface area (Å²) in [5, 5.41) is 8.21. The van der Waals surface area contributed by atoms with E-state index in [1.165, 1.54) is 34.9 Å². The zero-order chi connectivity index (χ0) is 20.8. The molecule has 0 N–H and O–H groups in total. The second-order valence-corrected chi connectivity index (χ2v) is 8.14. The number of amides is 1. The van der Waals surface area contributed by atoms with Crippen molar-refractivity contribution in [1.29, 1.82) is 0 Å². The lowest BCUT2D eigenvalue weighted by Gasteiger charge is -2.54. The first kappa shape index (κ1) is 18.7. The summed E-state index contributed by atoms with van der Waals surface area (Å²) in [5.41, 5.74) is 2.93. The Morgan fingerprint density at radius 3 is 2.67 bits per heavy atom. The number of aryl methyl sites for hydroxylation is 2. The molecule has 2 aromatic heterocycles. The van der Waals surface area contributed by atoms with Crippen LogP contribution in [0.1, 0.15) is 28.0 Å². The van der Waals surface area contributed by atoms with Gasteiger partial charge in [-0.25, -0.2) is 9.37 Å². The molecular formula is C22H23FN6O. The van der Waals surface area contributed by atoms with Crippen LogP contribution in [-0.2, 0) is 0 Å². The molecule has 0 aliphatic carbocycles. The predicted octanol–water partition coefficient (Wildman–Crippen LogP) is 2.77. The van der Waals surface area contributed by atoms with E-state index in [0.29, 0.717) is 24.7 Å². The van der Waals surface area contributed by atoms with E-state index in [1.54, 1.807) is 6.07 Å². The molecule has 8 heteroatoms. The van der Waals surface area contributed by atoms with Crippen molar-refractivity contribution in [2.24, 2.45) is 5.92 Å². The number of benzene rings is 1. The summed E-state index contributed by atoms with van der Waals surface area (Å²) in [6, 6.07) is 8.53. The second kappa shape index (κ2) is 7.19. The van der Waals surface area contributed by atoms with Crippen molar-refractivity contribution in [3.05, 3.63) is 65.4 Å². The van der Waals surface area contributed by atoms with E-state index in [9.17, 15) is 9.18 Å². The van der Waals surface area contributed by atoms with Gasteiger partial charge in [0.05, 0.1) is 29.7 Å². The zero-order valence-corrected chi connectivity index (χ0v) is 17.0. The van der Waals surface area contributed by atoms with Crippen molar-refractivity contribution in [2.45, 2.75) is 26.3 Å². The van der Waals surface area contributed by atoms with Gasteiger partial charge in [-0.15, -0.1) is 0 Å². The summed E-state index contributed by atoms with van der Waals surface area (Å²) in [5.74, 6) is 0.876. The zero-order valence-electron chi connectivity index (χ0n) is 17.0. The summed E-state index contributed by atoms with van der Waals surface area (Å²) >= 11 is 0. The van der Waals surface area contributed by atoms with Crippen LogP contribution < -0.4 is 4.90 Å². The largest absolute Gasteiger partial charge is 0.351 e. The first-order valence-electron chi connectivity index (χ1n) is 10.2. The first-order valence-corrected chi connectivity index (χ1v) is 10.2. The average molecular weight is 406 g/mol. The smallest absolute Gasteiger partial charge is 0.256 e. The van der Waals surface area contributed by atoms with E-state index in [2.05, 4.69) is 39.1 Å². The molecule has 0 bridgehead atoms. The normalized spacial score (nSPS) is 20.6. The van der Waals surface area contributed by atoms with Gasteiger partial charge in [-0.1, -0.05) is 0 Å². The van der Waals surface area contributed by atoms with Gasteiger partial charge in [-0.3, -0.25) is 4.79 Å². The van der Waals surface area contributed by atoms with Gasteiger partial charge in [-0.05, 0) is 56.2 Å². The molecule has 4 heterocycles. The topological polar surface area (TPSA) is 67.2 Å². The molecule has 0 saturated carbocycles. The molecule has 1 aromatic carbocycles. The minimum Gasteiger partial charge on any atom is -0.351 e. The summed E-state index contributed by atoms with van der Waals surface area (Å²) in [7, 11) is 0. The molecule has 2 saturated heterocycles. The van der Waals surface area contributed by atoms with Crippen LogP contribution in [0.5, 0.6) is 0 Å². The fourth-order valence-corrected chi connectivity index (χ4v) is 4.58. The molecular weight excluding hydrogens is 383 g/mol. The lowest BCUT2D eigenvalue weighted by molar-refractivity contribution is 0.0590. The Kier molecular flexibility index (Phi) is 4.49. The molecule has 2 atom stereocenters. The number of rotatable bonds is 3. The maximum absolute atomic E-state index is 14.0. The third kappa shape index (κ3) is 3.22. The van der Waals surface area contributed by atoms with E-state index in [0.717, 1.165) is 24.5 Å². The fourth-order valence-electron chi connectivity index (χ4n) is 4.58. The van der Waals surface area contributed by atoms with E-state index < -0.39 is 5.82 Å². The number of anilines is 1. The van der Waals surface area contributed by atoms with Crippen LogP contribution >= 0.6 is 0 Å². The second-order valence-electron chi connectivity index (χ2n) is 8.14. The molecule has 0 spiro atoms.